The number of oxime groups is 4. The average Bonchev–Trinajstić information content (AvgIpc) is 2.48. The summed E-state index contributed by atoms with van der Waals surface area (Å²) in [5.74, 6) is 0. The van der Waals surface area contributed by atoms with Crippen LogP contribution in [-0.2, 0) is 26.3 Å². The van der Waals surface area contributed by atoms with E-state index in [1.807, 2.05) is 0 Å². The van der Waals surface area contributed by atoms with E-state index in [1.54, 1.807) is 0 Å². The summed E-state index contributed by atoms with van der Waals surface area (Å²) in [6.07, 6.45) is 0. The Bertz CT molecular complexity index is 416. The first kappa shape index (κ1) is 34.5. The molecule has 0 heterocycles. The van der Waals surface area contributed by atoms with Crippen LogP contribution in [0.15, 0.2) is 20.6 Å². The normalized spacial score (nSPS) is 11.5. The largest absolute Gasteiger partial charge is 0.818 e. The van der Waals surface area contributed by atoms with E-state index in [0.29, 0.717) is 0 Å². The second kappa shape index (κ2) is 20.2. The summed E-state index contributed by atoms with van der Waals surface area (Å²) < 4.78 is 52.5. The van der Waals surface area contributed by atoms with E-state index < -0.39 is 14.9 Å². The monoisotopic (exact) mass is 423 g/mol. The topological polar surface area (TPSA) is 171 Å². The maximum atomic E-state index is 11.3. The summed E-state index contributed by atoms with van der Waals surface area (Å²) >= 11 is 0. The molecule has 0 aromatic carbocycles. The molecular formula is C8H18B2CoF4N4O6. The smallest absolute Gasteiger partial charge is 0.412 e. The van der Waals surface area contributed by atoms with Gasteiger partial charge < -0.3 is 30.9 Å². The molecule has 0 rings (SSSR count). The van der Waals surface area contributed by atoms with Crippen LogP contribution < -0.4 is 0 Å². The number of halogens is 4. The van der Waals surface area contributed by atoms with Gasteiger partial charge in [-0.3, -0.25) is 0 Å². The van der Waals surface area contributed by atoms with Crippen LogP contribution in [-0.4, -0.2) is 59.2 Å². The van der Waals surface area contributed by atoms with Gasteiger partial charge in [0, 0.05) is 16.8 Å². The van der Waals surface area contributed by atoms with Crippen LogP contribution in [0.5, 0.6) is 0 Å². The fourth-order valence-electron chi connectivity index (χ4n) is 0.515. The van der Waals surface area contributed by atoms with Gasteiger partial charge in [0.2, 0.25) is 0 Å². The van der Waals surface area contributed by atoms with Crippen molar-refractivity contribution in [3.63, 3.8) is 0 Å². The summed E-state index contributed by atoms with van der Waals surface area (Å²) in [6.45, 7) is 5.59. The zero-order chi connectivity index (χ0) is 17.7. The molecule has 0 saturated carbocycles. The summed E-state index contributed by atoms with van der Waals surface area (Å²) in [7, 11) is -5.90. The second-order valence-corrected chi connectivity index (χ2v) is 3.46. The van der Waals surface area contributed by atoms with E-state index >= 15 is 0 Å². The zero-order valence-corrected chi connectivity index (χ0v) is 14.5. The Balaban J connectivity index is -0.0000000952. The van der Waals surface area contributed by atoms with E-state index in [0.717, 1.165) is 0 Å². The van der Waals surface area contributed by atoms with Crippen LogP contribution in [0.2, 0.25) is 0 Å². The molecule has 0 aromatic heterocycles. The Labute approximate surface area is 151 Å². The van der Waals surface area contributed by atoms with Gasteiger partial charge in [0.1, 0.15) is 11.4 Å². The minimum absolute atomic E-state index is 0. The van der Waals surface area contributed by atoms with Crippen molar-refractivity contribution in [2.45, 2.75) is 27.7 Å². The molecule has 0 aliphatic rings. The van der Waals surface area contributed by atoms with Crippen LogP contribution >= 0.6 is 0 Å². The predicted molar refractivity (Wildman–Crippen MR) is 81.3 cm³/mol. The van der Waals surface area contributed by atoms with E-state index in [1.165, 1.54) is 27.7 Å². The first-order valence-electron chi connectivity index (χ1n) is 5.50. The summed E-state index contributed by atoms with van der Waals surface area (Å²) in [4.78, 5) is 0. The molecule has 10 nitrogen and oxygen atoms in total. The molecule has 0 aliphatic carbocycles. The van der Waals surface area contributed by atoms with Crippen LogP contribution in [0.1, 0.15) is 27.7 Å². The molecule has 17 heteroatoms. The third-order valence-corrected chi connectivity index (χ3v) is 1.89. The van der Waals surface area contributed by atoms with Crippen LogP contribution in [0.3, 0.4) is 0 Å². The van der Waals surface area contributed by atoms with Gasteiger partial charge in [-0.2, -0.15) is 0 Å². The van der Waals surface area contributed by atoms with E-state index in [-0.39, 0.29) is 50.6 Å². The fourth-order valence-corrected chi connectivity index (χ4v) is 0.515. The van der Waals surface area contributed by atoms with E-state index in [4.69, 9.17) is 10.4 Å². The number of nitrogens with zero attached hydrogens (tertiary/aromatic N) is 4. The molecule has 0 unspecified atom stereocenters. The minimum atomic E-state index is -2.95. The number of hydrogen-bond donors (Lipinski definition) is 2. The van der Waals surface area contributed by atoms with Crippen molar-refractivity contribution < 1.29 is 64.9 Å². The van der Waals surface area contributed by atoms with Gasteiger partial charge in [0.25, 0.3) is 0 Å². The van der Waals surface area contributed by atoms with E-state index in [2.05, 4.69) is 30.1 Å². The Morgan fingerprint density at radius 3 is 1.08 bits per heavy atom. The van der Waals surface area contributed by atoms with Crippen LogP contribution in [0.4, 0.5) is 17.3 Å². The van der Waals surface area contributed by atoms with Gasteiger partial charge in [0.15, 0.2) is 0 Å². The second-order valence-electron chi connectivity index (χ2n) is 3.46. The third kappa shape index (κ3) is 22.2. The number of rotatable bonds is 6. The maximum absolute atomic E-state index is 11.3. The summed E-state index contributed by atoms with van der Waals surface area (Å²) in [6, 6.07) is 0. The minimum Gasteiger partial charge on any atom is -0.412 e. The van der Waals surface area contributed by atoms with Crippen LogP contribution in [0, 0.1) is 0 Å². The van der Waals surface area contributed by atoms with E-state index in [9.17, 15) is 17.3 Å². The van der Waals surface area contributed by atoms with Gasteiger partial charge in [-0.05, 0) is 27.7 Å². The third-order valence-electron chi connectivity index (χ3n) is 1.89. The quantitative estimate of drug-likeness (QED) is 0.210. The molecule has 0 fully saturated rings. The van der Waals surface area contributed by atoms with Gasteiger partial charge in [-0.1, -0.05) is 10.3 Å². The maximum Gasteiger partial charge on any atom is 0.818 e. The molecule has 0 amide bonds. The Morgan fingerprint density at radius 1 is 0.680 bits per heavy atom. The van der Waals surface area contributed by atoms with Crippen molar-refractivity contribution in [1.29, 1.82) is 0 Å². The Kier molecular flexibility index (Phi) is 27.9. The fraction of sp³-hybridized carbons (Fsp3) is 0.500. The van der Waals surface area contributed by atoms with Gasteiger partial charge >= 0.3 is 14.9 Å². The van der Waals surface area contributed by atoms with Crippen molar-refractivity contribution in [2.24, 2.45) is 20.6 Å². The molecule has 149 valence electrons. The molecule has 6 N–H and O–H groups in total. The molecule has 0 atom stereocenters. The standard InChI is InChI=1S/2C4H7BF2N2O2.Co.2H2O/c2*1-3(8-10)4(2)9-11-5(6)7;;;/h2*10H,1-2H3;;2*1H2/b2*8-3+,9-4+;;;. The van der Waals surface area contributed by atoms with Gasteiger partial charge in [-0.15, -0.1) is 10.3 Å². The molecule has 25 heavy (non-hydrogen) atoms. The number of hydrogen-bond acceptors (Lipinski definition) is 8. The molecule has 1 radical (unpaired) electrons. The van der Waals surface area contributed by atoms with Crippen LogP contribution in [0.25, 0.3) is 0 Å². The molecular weight excluding hydrogens is 405 g/mol. The van der Waals surface area contributed by atoms with Crippen molar-refractivity contribution in [1.82, 2.24) is 0 Å². The molecule has 0 saturated heterocycles. The van der Waals surface area contributed by atoms with Crippen molar-refractivity contribution in [3.8, 4) is 0 Å². The van der Waals surface area contributed by atoms with Crippen molar-refractivity contribution >= 4 is 37.8 Å². The summed E-state index contributed by atoms with van der Waals surface area (Å²) in [5.41, 5.74) is 0.469. The SMILES string of the molecule is CC(=N\O)/C(C)=N/OB(F)F.CC(=N\O)/C(C)=N/OB(F)F.O.O.[Co]. The van der Waals surface area contributed by atoms with Gasteiger partial charge in [-0.25, -0.2) is 17.3 Å². The average molecular weight is 423 g/mol. The predicted octanol–water partition coefficient (Wildman–Crippen LogP) is 0.654. The van der Waals surface area contributed by atoms with Crippen molar-refractivity contribution in [3.05, 3.63) is 0 Å². The Hall–Kier alpha value is -1.84. The summed E-state index contributed by atoms with van der Waals surface area (Å²) in [5, 5.41) is 27.7. The zero-order valence-electron chi connectivity index (χ0n) is 13.5. The first-order chi connectivity index (χ1) is 10.1. The van der Waals surface area contributed by atoms with Crippen molar-refractivity contribution in [2.75, 3.05) is 0 Å². The molecule has 0 aliphatic heterocycles. The first-order valence-corrected chi connectivity index (χ1v) is 5.50. The van der Waals surface area contributed by atoms with Gasteiger partial charge in [0.05, 0.1) is 11.4 Å². The molecule has 0 bridgehead atoms. The Morgan fingerprint density at radius 2 is 0.920 bits per heavy atom. The molecule has 0 spiro atoms. The molecule has 0 aromatic rings.